The van der Waals surface area contributed by atoms with E-state index in [-0.39, 0.29) is 5.56 Å². The molecule has 0 heterocycles. The van der Waals surface area contributed by atoms with Gasteiger partial charge in [0.15, 0.2) is 0 Å². The first kappa shape index (κ1) is 15.9. The summed E-state index contributed by atoms with van der Waals surface area (Å²) in [6, 6.07) is 14.0. The number of nitrogens with one attached hydrogen (secondary N) is 1. The molecule has 0 fully saturated rings. The molecule has 0 spiro atoms. The molecule has 6 heteroatoms. The lowest BCUT2D eigenvalue weighted by Crippen LogP contribution is -2.75. The Kier molecular flexibility index (Phi) is 5.38. The van der Waals surface area contributed by atoms with E-state index in [1.54, 1.807) is 31.4 Å². The van der Waals surface area contributed by atoms with E-state index in [9.17, 15) is 4.79 Å². The fraction of sp³-hybridized carbons (Fsp3) is 0.125. The number of carbonyl (C=O) groups is 1. The molecule has 0 aliphatic rings. The molecule has 0 bridgehead atoms. The van der Waals surface area contributed by atoms with Crippen molar-refractivity contribution in [1.82, 2.24) is 0 Å². The van der Waals surface area contributed by atoms with Crippen LogP contribution in [-0.2, 0) is 11.3 Å². The van der Waals surface area contributed by atoms with Gasteiger partial charge in [-0.3, -0.25) is 10.6 Å². The van der Waals surface area contributed by atoms with E-state index in [0.29, 0.717) is 17.3 Å². The number of ether oxygens (including phenoxy) is 1. The predicted octanol–water partition coefficient (Wildman–Crippen LogP) is 1.10. The molecule has 0 radical (unpaired) electrons. The fourth-order valence-electron chi connectivity index (χ4n) is 1.79. The van der Waals surface area contributed by atoms with Crippen LogP contribution in [0.4, 0.5) is 0 Å². The molecule has 0 saturated carbocycles. The third kappa shape index (κ3) is 4.23. The number of hydrogen-bond donors (Lipinski definition) is 2. The summed E-state index contributed by atoms with van der Waals surface area (Å²) >= 11 is 5.91. The first-order chi connectivity index (χ1) is 10.6. The Morgan fingerprint density at radius 1 is 1.18 bits per heavy atom. The molecule has 22 heavy (non-hydrogen) atoms. The summed E-state index contributed by atoms with van der Waals surface area (Å²) in [6.45, 7) is 0. The smallest absolute Gasteiger partial charge is 0.389 e. The average Bonchev–Trinajstić information content (AvgIpc) is 2.54. The van der Waals surface area contributed by atoms with Crippen molar-refractivity contribution >= 4 is 23.4 Å². The summed E-state index contributed by atoms with van der Waals surface area (Å²) in [6.07, 6.45) is 0.416. The Hall–Kier alpha value is -2.53. The highest BCUT2D eigenvalue weighted by atomic mass is 35.5. The lowest BCUT2D eigenvalue weighted by molar-refractivity contribution is -0.722. The van der Waals surface area contributed by atoms with Crippen LogP contribution in [0, 0.1) is 0 Å². The molecule has 2 aromatic rings. The van der Waals surface area contributed by atoms with E-state index in [4.69, 9.17) is 26.9 Å². The summed E-state index contributed by atoms with van der Waals surface area (Å²) < 4.78 is 5.08. The number of benzene rings is 2. The number of rotatable bonds is 5. The molecule has 0 aromatic heterocycles. The summed E-state index contributed by atoms with van der Waals surface area (Å²) in [5.74, 6) is 0.481. The summed E-state index contributed by atoms with van der Waals surface area (Å²) in [7, 11) is 1.60. The molecule has 3 N–H and O–H groups in total. The van der Waals surface area contributed by atoms with Crippen molar-refractivity contribution in [1.29, 1.82) is 0 Å². The Labute approximate surface area is 133 Å². The van der Waals surface area contributed by atoms with Gasteiger partial charge in [-0.1, -0.05) is 41.0 Å². The van der Waals surface area contributed by atoms with Crippen LogP contribution in [0.2, 0.25) is 5.02 Å². The lowest BCUT2D eigenvalue weighted by Gasteiger charge is -2.02. The zero-order valence-electron chi connectivity index (χ0n) is 12.0. The quantitative estimate of drug-likeness (QED) is 0.374. The van der Waals surface area contributed by atoms with Gasteiger partial charge in [-0.2, -0.15) is 0 Å². The first-order valence-electron chi connectivity index (χ1n) is 6.56. The summed E-state index contributed by atoms with van der Waals surface area (Å²) in [5, 5.41) is 2.76. The van der Waals surface area contributed by atoms with Crippen molar-refractivity contribution < 1.29 is 19.5 Å². The summed E-state index contributed by atoms with van der Waals surface area (Å²) in [5.41, 5.74) is 7.03. The largest absolute Gasteiger partial charge is 0.497 e. The van der Waals surface area contributed by atoms with Gasteiger partial charge in [0.2, 0.25) is 0 Å². The molecule has 0 aliphatic heterocycles. The van der Waals surface area contributed by atoms with Crippen LogP contribution in [-0.4, -0.2) is 18.9 Å². The van der Waals surface area contributed by atoms with E-state index >= 15 is 0 Å². The van der Waals surface area contributed by atoms with Crippen LogP contribution < -0.4 is 15.6 Å². The Morgan fingerprint density at radius 3 is 2.50 bits per heavy atom. The second-order valence-corrected chi connectivity index (χ2v) is 4.93. The van der Waals surface area contributed by atoms with Gasteiger partial charge < -0.3 is 4.74 Å². The molecule has 0 saturated heterocycles. The Balaban J connectivity index is 1.97. The maximum absolute atomic E-state index is 11.9. The van der Waals surface area contributed by atoms with Gasteiger partial charge in [-0.05, 0) is 29.8 Å². The van der Waals surface area contributed by atoms with E-state index < -0.39 is 5.97 Å². The van der Waals surface area contributed by atoms with Crippen molar-refractivity contribution in [2.24, 2.45) is 5.73 Å². The van der Waals surface area contributed by atoms with Crippen LogP contribution in [0.5, 0.6) is 5.75 Å². The van der Waals surface area contributed by atoms with Crippen molar-refractivity contribution in [3.05, 3.63) is 64.7 Å². The number of amidine groups is 1. The molecular weight excluding hydrogens is 304 g/mol. The Bertz CT molecular complexity index is 684. The average molecular weight is 320 g/mol. The van der Waals surface area contributed by atoms with E-state index in [2.05, 4.69) is 5.16 Å². The topological polar surface area (TPSA) is 75.5 Å². The molecule has 0 amide bonds. The molecule has 114 valence electrons. The van der Waals surface area contributed by atoms with Crippen LogP contribution in [0.1, 0.15) is 15.9 Å². The number of halogens is 1. The molecular formula is C16H16ClN2O3+. The fourth-order valence-corrected chi connectivity index (χ4v) is 2.01. The lowest BCUT2D eigenvalue weighted by atomic mass is 10.1. The molecule has 2 rings (SSSR count). The van der Waals surface area contributed by atoms with Crippen molar-refractivity contribution in [2.75, 3.05) is 7.11 Å². The highest BCUT2D eigenvalue weighted by molar-refractivity contribution is 6.33. The predicted molar refractivity (Wildman–Crippen MR) is 83.7 cm³/mol. The van der Waals surface area contributed by atoms with E-state index in [1.165, 1.54) is 0 Å². The maximum atomic E-state index is 11.9. The standard InChI is InChI=1S/C16H15ClN2O3/c1-21-12-8-6-11(7-9-12)10-15(18)19-22-16(20)13-4-2-3-5-14(13)17/h2-9H,10H2,1H3,(H2,18,19)/p+1. The second-order valence-electron chi connectivity index (χ2n) is 4.52. The minimum atomic E-state index is -0.594. The van der Waals surface area contributed by atoms with Crippen molar-refractivity contribution in [3.63, 3.8) is 0 Å². The van der Waals surface area contributed by atoms with E-state index in [1.807, 2.05) is 24.3 Å². The molecule has 0 atom stereocenters. The summed E-state index contributed by atoms with van der Waals surface area (Å²) in [4.78, 5) is 16.8. The van der Waals surface area contributed by atoms with Gasteiger partial charge in [0.05, 0.1) is 24.1 Å². The number of carbonyl (C=O) groups excluding carboxylic acids is 1. The van der Waals surface area contributed by atoms with E-state index in [0.717, 1.165) is 11.3 Å². The van der Waals surface area contributed by atoms with Gasteiger partial charge in [-0.15, -0.1) is 0 Å². The molecule has 5 nitrogen and oxygen atoms in total. The number of methoxy groups -OCH3 is 1. The SMILES string of the molecule is COc1ccc(CC(N)=[NH+]OC(=O)c2ccccc2Cl)cc1. The second kappa shape index (κ2) is 7.47. The Morgan fingerprint density at radius 2 is 1.86 bits per heavy atom. The first-order valence-corrected chi connectivity index (χ1v) is 6.94. The van der Waals surface area contributed by atoms with Crippen LogP contribution >= 0.6 is 11.6 Å². The number of hydrogen-bond acceptors (Lipinski definition) is 3. The van der Waals surface area contributed by atoms with Crippen LogP contribution in [0.15, 0.2) is 48.5 Å². The zero-order valence-corrected chi connectivity index (χ0v) is 12.8. The maximum Gasteiger partial charge on any atom is 0.389 e. The molecule has 0 unspecified atom stereocenters. The third-order valence-electron chi connectivity index (χ3n) is 2.92. The highest BCUT2D eigenvalue weighted by Crippen LogP contribution is 2.14. The third-order valence-corrected chi connectivity index (χ3v) is 3.25. The van der Waals surface area contributed by atoms with Gasteiger partial charge in [0.25, 0.3) is 5.84 Å². The molecule has 0 aliphatic carbocycles. The number of nitrogens with two attached hydrogens (primary N) is 1. The van der Waals surface area contributed by atoms with Gasteiger partial charge >= 0.3 is 5.97 Å². The van der Waals surface area contributed by atoms with Crippen molar-refractivity contribution in [2.45, 2.75) is 6.42 Å². The zero-order chi connectivity index (χ0) is 15.9. The van der Waals surface area contributed by atoms with Gasteiger partial charge in [0.1, 0.15) is 5.75 Å². The molecule has 2 aromatic carbocycles. The highest BCUT2D eigenvalue weighted by Gasteiger charge is 2.13. The van der Waals surface area contributed by atoms with Crippen molar-refractivity contribution in [3.8, 4) is 5.75 Å². The minimum Gasteiger partial charge on any atom is -0.497 e. The normalized spacial score (nSPS) is 11.1. The minimum absolute atomic E-state index is 0.272. The monoisotopic (exact) mass is 319 g/mol. The van der Waals surface area contributed by atoms with Gasteiger partial charge in [0, 0.05) is 0 Å². The van der Waals surface area contributed by atoms with Gasteiger partial charge in [-0.25, -0.2) is 4.79 Å². The van der Waals surface area contributed by atoms with Crippen LogP contribution in [0.25, 0.3) is 0 Å². The van der Waals surface area contributed by atoms with Crippen LogP contribution in [0.3, 0.4) is 0 Å².